The van der Waals surface area contributed by atoms with Crippen LogP contribution in [0.1, 0.15) is 12.0 Å². The lowest BCUT2D eigenvalue weighted by Crippen LogP contribution is -2.25. The van der Waals surface area contributed by atoms with Crippen LogP contribution < -0.4 is 15.0 Å². The van der Waals surface area contributed by atoms with Crippen LogP contribution in [0.4, 0.5) is 10.6 Å². The number of nitrogens with one attached hydrogen (secondary N) is 1. The fourth-order valence-electron chi connectivity index (χ4n) is 2.85. The molecule has 2 unspecified atom stereocenters. The highest BCUT2D eigenvalue weighted by Gasteiger charge is 2.31. The highest BCUT2D eigenvalue weighted by Crippen LogP contribution is 2.23. The molecule has 0 saturated carbocycles. The predicted octanol–water partition coefficient (Wildman–Crippen LogP) is 1.11. The highest BCUT2D eigenvalue weighted by atomic mass is 32.2. The number of anilines is 1. The molecule has 0 radical (unpaired) electrons. The average molecular weight is 608 g/mol. The number of aliphatic hydroxyl groups is 1. The summed E-state index contributed by atoms with van der Waals surface area (Å²) in [7, 11) is 1.97. The first-order valence-corrected chi connectivity index (χ1v) is 12.8. The van der Waals surface area contributed by atoms with Gasteiger partial charge in [-0.1, -0.05) is 30.0 Å². The summed E-state index contributed by atoms with van der Waals surface area (Å²) in [5, 5.41) is 41.5. The number of carboxylic acids is 4. The van der Waals surface area contributed by atoms with E-state index in [4.69, 9.17) is 30.3 Å². The number of aromatic nitrogens is 1. The zero-order chi connectivity index (χ0) is 31.7. The maximum Gasteiger partial charge on any atom is 0.333 e. The van der Waals surface area contributed by atoms with Crippen molar-refractivity contribution in [3.05, 3.63) is 66.4 Å². The van der Waals surface area contributed by atoms with E-state index in [1.165, 1.54) is 0 Å². The van der Waals surface area contributed by atoms with Crippen molar-refractivity contribution in [2.45, 2.75) is 24.2 Å². The van der Waals surface area contributed by atoms with Crippen LogP contribution >= 0.6 is 11.8 Å². The molecule has 15 nitrogen and oxygen atoms in total. The van der Waals surface area contributed by atoms with E-state index in [1.807, 2.05) is 54.4 Å². The molecule has 0 spiro atoms. The van der Waals surface area contributed by atoms with Gasteiger partial charge in [0.1, 0.15) is 18.2 Å². The lowest BCUT2D eigenvalue weighted by Gasteiger charge is -2.18. The molecule has 2 heterocycles. The van der Waals surface area contributed by atoms with E-state index in [0.717, 1.165) is 35.4 Å². The summed E-state index contributed by atoms with van der Waals surface area (Å²) >= 11 is 1.05. The fraction of sp³-hybridized carbons (Fsp3) is 0.269. The second-order valence-electron chi connectivity index (χ2n) is 8.15. The van der Waals surface area contributed by atoms with Gasteiger partial charge in [-0.3, -0.25) is 19.7 Å². The Morgan fingerprint density at radius 2 is 1.64 bits per heavy atom. The van der Waals surface area contributed by atoms with Crippen LogP contribution in [0.2, 0.25) is 0 Å². The fourth-order valence-corrected chi connectivity index (χ4v) is 3.71. The Hall–Kier alpha value is -4.96. The van der Waals surface area contributed by atoms with Crippen molar-refractivity contribution in [2.75, 3.05) is 25.1 Å². The number of carbonyl (C=O) groups is 6. The van der Waals surface area contributed by atoms with Gasteiger partial charge in [-0.05, 0) is 36.2 Å². The third kappa shape index (κ3) is 15.0. The minimum Gasteiger partial charge on any atom is -0.492 e. The first kappa shape index (κ1) is 35.1. The number of amides is 2. The largest absolute Gasteiger partial charge is 0.492 e. The number of hydrogen-bond donors (Lipinski definition) is 6. The van der Waals surface area contributed by atoms with Gasteiger partial charge in [0.05, 0.1) is 18.2 Å². The topological polar surface area (TPSA) is 241 Å². The maximum atomic E-state index is 11.6. The van der Waals surface area contributed by atoms with Gasteiger partial charge in [0.2, 0.25) is 5.91 Å². The number of thioether (sulfide) groups is 1. The van der Waals surface area contributed by atoms with Gasteiger partial charge in [0.25, 0.3) is 5.24 Å². The molecule has 1 aromatic carbocycles. The lowest BCUT2D eigenvalue weighted by atomic mass is 10.1. The number of nitrogens with zero attached hydrogens (tertiary/aromatic N) is 2. The summed E-state index contributed by atoms with van der Waals surface area (Å²) < 4.78 is 5.75. The number of ether oxygens (including phenoxy) is 1. The van der Waals surface area contributed by atoms with Gasteiger partial charge in [-0.25, -0.2) is 19.4 Å². The van der Waals surface area contributed by atoms with Crippen LogP contribution in [0.5, 0.6) is 5.75 Å². The minimum atomic E-state index is -1.79. The van der Waals surface area contributed by atoms with E-state index in [9.17, 15) is 28.8 Å². The number of benzene rings is 1. The molecular formula is C26H29N3O12S. The van der Waals surface area contributed by atoms with Gasteiger partial charge in [0, 0.05) is 25.4 Å². The zero-order valence-electron chi connectivity index (χ0n) is 22.2. The van der Waals surface area contributed by atoms with E-state index in [1.54, 1.807) is 6.20 Å². The van der Waals surface area contributed by atoms with Crippen LogP contribution in [0.3, 0.4) is 0 Å². The average Bonchev–Trinajstić information content (AvgIpc) is 3.25. The van der Waals surface area contributed by atoms with E-state index in [2.05, 4.69) is 10.3 Å². The maximum absolute atomic E-state index is 11.6. The smallest absolute Gasteiger partial charge is 0.333 e. The monoisotopic (exact) mass is 607 g/mol. The van der Waals surface area contributed by atoms with Crippen molar-refractivity contribution in [3.8, 4) is 5.75 Å². The van der Waals surface area contributed by atoms with Crippen molar-refractivity contribution in [1.29, 1.82) is 0 Å². The first-order valence-electron chi connectivity index (χ1n) is 11.9. The van der Waals surface area contributed by atoms with Crippen molar-refractivity contribution in [3.63, 3.8) is 0 Å². The van der Waals surface area contributed by atoms with E-state index < -0.39 is 36.4 Å². The number of carboxylic acid groups (broad SMARTS) is 4. The molecule has 1 saturated heterocycles. The van der Waals surface area contributed by atoms with Crippen molar-refractivity contribution in [2.24, 2.45) is 0 Å². The normalized spacial score (nSPS) is 14.4. The molecule has 16 heteroatoms. The molecule has 6 N–H and O–H groups in total. The van der Waals surface area contributed by atoms with Gasteiger partial charge in [-0.2, -0.15) is 0 Å². The Morgan fingerprint density at radius 1 is 1.02 bits per heavy atom. The summed E-state index contributed by atoms with van der Waals surface area (Å²) in [6, 6.07) is 13.4. The molecule has 2 atom stereocenters. The van der Waals surface area contributed by atoms with Gasteiger partial charge >= 0.3 is 23.9 Å². The van der Waals surface area contributed by atoms with Crippen molar-refractivity contribution >= 4 is 52.6 Å². The SMILES string of the molecule is CN(CCOc1ccc(CC2SC(=O)NC2=O)cc1)c1ccccn1.O=C(O)C=CC(=O)O.O=C(O)CC(O)C(=O)O. The Bertz CT molecular complexity index is 1240. The molecule has 1 fully saturated rings. The minimum absolute atomic E-state index is 0.215. The third-order valence-electron chi connectivity index (χ3n) is 4.87. The number of hydrogen-bond acceptors (Lipinski definition) is 11. The quantitative estimate of drug-likeness (QED) is 0.185. The number of likely N-dealkylation sites (N-methyl/N-ethyl adjacent to an activating group) is 1. The standard InChI is InChI=1S/C18H19N3O3S.C4H6O5.C4H4O4/c1-21(16-4-2-3-9-19-16)10-11-24-14-7-5-13(6-8-14)12-15-17(22)20-18(23)25-15;5-2(4(8)9)1-3(6)7;5-3(6)1-2-4(7)8/h2-9,15H,10-12H2,1H3,(H,20,22,23);2,5H,1H2,(H,6,7)(H,8,9);1-2H,(H,5,6)(H,7,8). The zero-order valence-corrected chi connectivity index (χ0v) is 23.0. The van der Waals surface area contributed by atoms with E-state index in [0.29, 0.717) is 25.2 Å². The number of carbonyl (C=O) groups excluding carboxylic acids is 2. The summed E-state index contributed by atoms with van der Waals surface area (Å²) in [4.78, 5) is 67.6. The Labute approximate surface area is 243 Å². The van der Waals surface area contributed by atoms with Gasteiger partial charge < -0.3 is 35.2 Å². The van der Waals surface area contributed by atoms with Crippen molar-refractivity contribution in [1.82, 2.24) is 10.3 Å². The van der Waals surface area contributed by atoms with Crippen LogP contribution in [0, 0.1) is 0 Å². The number of imide groups is 1. The Kier molecular flexibility index (Phi) is 15.4. The molecule has 42 heavy (non-hydrogen) atoms. The summed E-state index contributed by atoms with van der Waals surface area (Å²) in [6.07, 6.45) is 0.870. The van der Waals surface area contributed by atoms with Crippen LogP contribution in [0.25, 0.3) is 0 Å². The Balaban J connectivity index is 0.000000428. The highest BCUT2D eigenvalue weighted by molar-refractivity contribution is 8.15. The number of pyridine rings is 1. The molecule has 1 aliphatic heterocycles. The molecular weight excluding hydrogens is 578 g/mol. The van der Waals surface area contributed by atoms with Crippen LogP contribution in [-0.2, 0) is 30.4 Å². The first-order chi connectivity index (χ1) is 19.8. The molecule has 2 aromatic rings. The van der Waals surface area contributed by atoms with E-state index in [-0.39, 0.29) is 16.4 Å². The van der Waals surface area contributed by atoms with Crippen LogP contribution in [0.15, 0.2) is 60.8 Å². The second-order valence-corrected chi connectivity index (χ2v) is 9.33. The molecule has 3 rings (SSSR count). The predicted molar refractivity (Wildman–Crippen MR) is 148 cm³/mol. The summed E-state index contributed by atoms with van der Waals surface area (Å²) in [5.74, 6) is -3.89. The molecule has 1 aromatic heterocycles. The number of aliphatic carboxylic acids is 4. The molecule has 0 bridgehead atoms. The van der Waals surface area contributed by atoms with Crippen molar-refractivity contribution < 1.29 is 59.0 Å². The third-order valence-corrected chi connectivity index (χ3v) is 5.85. The number of aliphatic hydroxyl groups excluding tert-OH is 1. The molecule has 1 aliphatic rings. The molecule has 0 aliphatic carbocycles. The lowest BCUT2D eigenvalue weighted by molar-refractivity contribution is -0.152. The molecule has 226 valence electrons. The van der Waals surface area contributed by atoms with E-state index >= 15 is 0 Å². The van der Waals surface area contributed by atoms with Gasteiger partial charge in [-0.15, -0.1) is 0 Å². The molecule has 2 amide bonds. The Morgan fingerprint density at radius 3 is 2.07 bits per heavy atom. The second kappa shape index (κ2) is 18.4. The summed E-state index contributed by atoms with van der Waals surface area (Å²) in [5.41, 5.74) is 1.00. The van der Waals surface area contributed by atoms with Gasteiger partial charge in [0.15, 0.2) is 6.10 Å². The summed E-state index contributed by atoms with van der Waals surface area (Å²) in [6.45, 7) is 1.27. The number of rotatable bonds is 12. The van der Waals surface area contributed by atoms with Crippen LogP contribution in [-0.4, -0.2) is 97.1 Å².